The van der Waals surface area contributed by atoms with Crippen molar-refractivity contribution < 1.29 is 19.0 Å². The monoisotopic (exact) mass is 458 g/mol. The fourth-order valence-corrected chi connectivity index (χ4v) is 4.11. The Hall–Kier alpha value is -2.84. The van der Waals surface area contributed by atoms with Crippen LogP contribution in [0.25, 0.3) is 22.2 Å². The summed E-state index contributed by atoms with van der Waals surface area (Å²) >= 11 is 6.51. The summed E-state index contributed by atoms with van der Waals surface area (Å²) in [4.78, 5) is 20.9. The highest BCUT2D eigenvalue weighted by Crippen LogP contribution is 2.39. The van der Waals surface area contributed by atoms with E-state index in [0.717, 1.165) is 48.2 Å². The molecule has 3 aromatic rings. The zero-order valence-electron chi connectivity index (χ0n) is 18.6. The van der Waals surface area contributed by atoms with E-state index in [2.05, 4.69) is 26.0 Å². The molecule has 1 aromatic carbocycles. The predicted molar refractivity (Wildman–Crippen MR) is 123 cm³/mol. The molecule has 3 heterocycles. The Kier molecular flexibility index (Phi) is 6.26. The number of amides is 1. The molecule has 1 aliphatic heterocycles. The number of hydrogen-bond donors (Lipinski definition) is 1. The van der Waals surface area contributed by atoms with Crippen molar-refractivity contribution in [2.45, 2.75) is 45.3 Å². The van der Waals surface area contributed by atoms with Crippen LogP contribution in [0.2, 0.25) is 5.15 Å². The first-order chi connectivity index (χ1) is 15.3. The van der Waals surface area contributed by atoms with Crippen LogP contribution in [0.1, 0.15) is 39.7 Å². The summed E-state index contributed by atoms with van der Waals surface area (Å²) < 4.78 is 18.6. The van der Waals surface area contributed by atoms with E-state index in [4.69, 9.17) is 25.8 Å². The fourth-order valence-electron chi connectivity index (χ4n) is 3.88. The van der Waals surface area contributed by atoms with Gasteiger partial charge in [-0.3, -0.25) is 5.32 Å². The quantitative estimate of drug-likeness (QED) is 0.522. The van der Waals surface area contributed by atoms with Crippen LogP contribution in [-0.2, 0) is 9.47 Å². The van der Waals surface area contributed by atoms with E-state index in [1.807, 2.05) is 32.9 Å². The minimum Gasteiger partial charge on any atom is -0.495 e. The summed E-state index contributed by atoms with van der Waals surface area (Å²) in [7, 11) is 1.56. The van der Waals surface area contributed by atoms with E-state index in [1.54, 1.807) is 13.2 Å². The summed E-state index contributed by atoms with van der Waals surface area (Å²) in [5.41, 5.74) is 2.49. The Bertz CT molecular complexity index is 1130. The van der Waals surface area contributed by atoms with E-state index in [0.29, 0.717) is 16.6 Å². The smallest absolute Gasteiger partial charge is 0.412 e. The Morgan fingerprint density at radius 2 is 2.00 bits per heavy atom. The molecule has 0 spiro atoms. The number of ether oxygens (including phenoxy) is 3. The topological polar surface area (TPSA) is 87.5 Å². The van der Waals surface area contributed by atoms with Crippen LogP contribution < -0.4 is 10.1 Å². The van der Waals surface area contributed by atoms with Crippen molar-refractivity contribution in [3.63, 3.8) is 0 Å². The van der Waals surface area contributed by atoms with Crippen LogP contribution in [-0.4, -0.2) is 46.6 Å². The van der Waals surface area contributed by atoms with Crippen molar-refractivity contribution in [2.24, 2.45) is 0 Å². The molecule has 0 radical (unpaired) electrons. The average molecular weight is 459 g/mol. The molecule has 0 unspecified atom stereocenters. The van der Waals surface area contributed by atoms with Crippen molar-refractivity contribution in [2.75, 3.05) is 25.6 Å². The van der Waals surface area contributed by atoms with Crippen molar-refractivity contribution >= 4 is 34.4 Å². The lowest BCUT2D eigenvalue weighted by atomic mass is 10.1. The van der Waals surface area contributed by atoms with Gasteiger partial charge >= 0.3 is 6.09 Å². The molecule has 1 fully saturated rings. The van der Waals surface area contributed by atoms with Crippen molar-refractivity contribution in [1.29, 1.82) is 0 Å². The van der Waals surface area contributed by atoms with Crippen LogP contribution in [0.5, 0.6) is 5.75 Å². The maximum atomic E-state index is 12.2. The molecule has 1 N–H and O–H groups in total. The second-order valence-corrected chi connectivity index (χ2v) is 9.06. The minimum atomic E-state index is -0.597. The number of anilines is 1. The summed E-state index contributed by atoms with van der Waals surface area (Å²) in [6.07, 6.45) is 4.83. The maximum absolute atomic E-state index is 12.2. The predicted octanol–water partition coefficient (Wildman–Crippen LogP) is 5.46. The fraction of sp³-hybridized carbons (Fsp3) is 0.435. The number of halogens is 1. The van der Waals surface area contributed by atoms with E-state index in [-0.39, 0.29) is 6.04 Å². The van der Waals surface area contributed by atoms with Gasteiger partial charge in [0.15, 0.2) is 0 Å². The van der Waals surface area contributed by atoms with Gasteiger partial charge in [0, 0.05) is 31.0 Å². The molecule has 0 aliphatic carbocycles. The van der Waals surface area contributed by atoms with Gasteiger partial charge in [0.25, 0.3) is 0 Å². The molecule has 1 saturated heterocycles. The molecule has 1 aliphatic rings. The summed E-state index contributed by atoms with van der Waals surface area (Å²) in [5, 5.41) is 3.93. The van der Waals surface area contributed by atoms with Crippen LogP contribution in [0.3, 0.4) is 0 Å². The van der Waals surface area contributed by atoms with Crippen molar-refractivity contribution in [1.82, 2.24) is 14.5 Å². The third-order valence-electron chi connectivity index (χ3n) is 5.30. The van der Waals surface area contributed by atoms with E-state index in [1.165, 1.54) is 6.33 Å². The van der Waals surface area contributed by atoms with Gasteiger partial charge in [-0.1, -0.05) is 17.7 Å². The highest BCUT2D eigenvalue weighted by molar-refractivity contribution is 6.35. The SMILES string of the molecule is COc1cc(-c2cn(C3CCOCC3)c3ncnc(Cl)c23)ccc1NC(=O)OC(C)(C)C. The molecule has 8 nitrogen and oxygen atoms in total. The summed E-state index contributed by atoms with van der Waals surface area (Å²) in [5.74, 6) is 0.508. The minimum absolute atomic E-state index is 0.279. The van der Waals surface area contributed by atoms with Crippen molar-refractivity contribution in [3.8, 4) is 16.9 Å². The molecular weight excluding hydrogens is 432 g/mol. The number of fused-ring (bicyclic) bond motifs is 1. The highest BCUT2D eigenvalue weighted by Gasteiger charge is 2.23. The molecule has 0 atom stereocenters. The molecule has 32 heavy (non-hydrogen) atoms. The summed E-state index contributed by atoms with van der Waals surface area (Å²) in [6.45, 7) is 6.88. The van der Waals surface area contributed by atoms with E-state index in [9.17, 15) is 4.79 Å². The van der Waals surface area contributed by atoms with Gasteiger partial charge in [0.2, 0.25) is 0 Å². The normalized spacial score (nSPS) is 15.0. The van der Waals surface area contributed by atoms with Gasteiger partial charge in [0.1, 0.15) is 28.5 Å². The number of hydrogen-bond acceptors (Lipinski definition) is 6. The zero-order valence-corrected chi connectivity index (χ0v) is 19.4. The first-order valence-electron chi connectivity index (χ1n) is 10.5. The Morgan fingerprint density at radius 1 is 1.25 bits per heavy atom. The third-order valence-corrected chi connectivity index (χ3v) is 5.58. The lowest BCUT2D eigenvalue weighted by Gasteiger charge is -2.24. The lowest BCUT2D eigenvalue weighted by Crippen LogP contribution is -2.27. The van der Waals surface area contributed by atoms with E-state index < -0.39 is 11.7 Å². The third kappa shape index (κ3) is 4.66. The number of methoxy groups -OCH3 is 1. The van der Waals surface area contributed by atoms with Gasteiger partial charge in [-0.05, 0) is 51.3 Å². The Morgan fingerprint density at radius 3 is 2.69 bits per heavy atom. The van der Waals surface area contributed by atoms with Crippen LogP contribution in [0, 0.1) is 0 Å². The lowest BCUT2D eigenvalue weighted by molar-refractivity contribution is 0.0635. The number of aromatic nitrogens is 3. The Balaban J connectivity index is 1.73. The number of rotatable bonds is 4. The van der Waals surface area contributed by atoms with Gasteiger partial charge in [-0.15, -0.1) is 0 Å². The first-order valence-corrected chi connectivity index (χ1v) is 10.9. The van der Waals surface area contributed by atoms with Gasteiger partial charge < -0.3 is 18.8 Å². The highest BCUT2D eigenvalue weighted by atomic mass is 35.5. The molecule has 2 aromatic heterocycles. The van der Waals surface area contributed by atoms with Crippen molar-refractivity contribution in [3.05, 3.63) is 35.9 Å². The molecule has 4 rings (SSSR count). The van der Waals surface area contributed by atoms with Crippen LogP contribution in [0.15, 0.2) is 30.7 Å². The molecule has 0 saturated carbocycles. The number of nitrogens with zero attached hydrogens (tertiary/aromatic N) is 3. The second-order valence-electron chi connectivity index (χ2n) is 8.70. The number of benzene rings is 1. The van der Waals surface area contributed by atoms with Crippen LogP contribution in [0.4, 0.5) is 10.5 Å². The molecule has 1 amide bonds. The van der Waals surface area contributed by atoms with E-state index >= 15 is 0 Å². The molecular formula is C23H27ClN4O4. The van der Waals surface area contributed by atoms with Gasteiger partial charge in [0.05, 0.1) is 18.2 Å². The van der Waals surface area contributed by atoms with Gasteiger partial charge in [-0.2, -0.15) is 0 Å². The zero-order chi connectivity index (χ0) is 22.9. The maximum Gasteiger partial charge on any atom is 0.412 e. The second kappa shape index (κ2) is 8.96. The van der Waals surface area contributed by atoms with Gasteiger partial charge in [-0.25, -0.2) is 14.8 Å². The number of nitrogens with one attached hydrogen (secondary N) is 1. The standard InChI is InChI=1S/C23H27ClN4O4/c1-23(2,3)32-22(29)27-17-6-5-14(11-18(17)30-4)16-12-28(15-7-9-31-10-8-15)21-19(16)20(24)25-13-26-21/h5-6,11-13,15H,7-10H2,1-4H3,(H,27,29). The number of carbonyl (C=O) groups excluding carboxylic acids is 1. The average Bonchev–Trinajstić information content (AvgIpc) is 3.14. The largest absolute Gasteiger partial charge is 0.495 e. The molecule has 9 heteroatoms. The number of carbonyl (C=O) groups is 1. The molecule has 170 valence electrons. The van der Waals surface area contributed by atoms with Crippen LogP contribution >= 0.6 is 11.6 Å². The Labute approximate surface area is 191 Å². The summed E-state index contributed by atoms with van der Waals surface area (Å²) in [6, 6.07) is 5.83. The first kappa shape index (κ1) is 22.4. The molecule has 0 bridgehead atoms.